The van der Waals surface area contributed by atoms with Crippen LogP contribution in [0.4, 0.5) is 4.39 Å². The maximum atomic E-state index is 12.8. The van der Waals surface area contributed by atoms with E-state index in [4.69, 9.17) is 5.73 Å². The Bertz CT molecular complexity index is 365. The van der Waals surface area contributed by atoms with Gasteiger partial charge in [0.15, 0.2) is 0 Å². The molecule has 0 spiro atoms. The number of carbonyl (C=O) groups excluding carboxylic acids is 1. The fraction of sp³-hybridized carbons (Fsp3) is 0.500. The van der Waals surface area contributed by atoms with Gasteiger partial charge in [0.1, 0.15) is 5.82 Å². The Kier molecular flexibility index (Phi) is 6.36. The summed E-state index contributed by atoms with van der Waals surface area (Å²) in [5, 5.41) is 0. The van der Waals surface area contributed by atoms with Gasteiger partial charge in [-0.05, 0) is 37.1 Å². The van der Waals surface area contributed by atoms with E-state index >= 15 is 0 Å². The number of rotatable bonds is 7. The zero-order valence-electron chi connectivity index (χ0n) is 10.9. The topological polar surface area (TPSA) is 46.3 Å². The van der Waals surface area contributed by atoms with Gasteiger partial charge in [-0.25, -0.2) is 4.39 Å². The lowest BCUT2D eigenvalue weighted by Gasteiger charge is -2.22. The Morgan fingerprint density at radius 3 is 2.50 bits per heavy atom. The van der Waals surface area contributed by atoms with E-state index in [-0.39, 0.29) is 11.7 Å². The quantitative estimate of drug-likeness (QED) is 0.806. The average molecular weight is 252 g/mol. The van der Waals surface area contributed by atoms with Crippen LogP contribution in [0.25, 0.3) is 0 Å². The first-order valence-electron chi connectivity index (χ1n) is 6.39. The van der Waals surface area contributed by atoms with Gasteiger partial charge < -0.3 is 10.6 Å². The Hall–Kier alpha value is -1.42. The highest BCUT2D eigenvalue weighted by atomic mass is 19.1. The van der Waals surface area contributed by atoms with Gasteiger partial charge in [-0.2, -0.15) is 0 Å². The van der Waals surface area contributed by atoms with Crippen LogP contribution in [0.3, 0.4) is 0 Å². The molecule has 0 aliphatic carbocycles. The predicted molar refractivity (Wildman–Crippen MR) is 70.6 cm³/mol. The SMILES string of the molecule is CCCN(CCCN)C(=O)Cc1ccc(F)cc1. The first kappa shape index (κ1) is 14.6. The molecular formula is C14H21FN2O. The van der Waals surface area contributed by atoms with E-state index in [1.165, 1.54) is 12.1 Å². The highest BCUT2D eigenvalue weighted by molar-refractivity contribution is 5.78. The van der Waals surface area contributed by atoms with E-state index in [0.29, 0.717) is 19.5 Å². The van der Waals surface area contributed by atoms with Crippen LogP contribution >= 0.6 is 0 Å². The second-order valence-electron chi connectivity index (χ2n) is 4.33. The minimum Gasteiger partial charge on any atom is -0.342 e. The summed E-state index contributed by atoms with van der Waals surface area (Å²) < 4.78 is 12.8. The van der Waals surface area contributed by atoms with E-state index in [1.54, 1.807) is 12.1 Å². The molecule has 0 radical (unpaired) electrons. The van der Waals surface area contributed by atoms with Crippen LogP contribution in [0.1, 0.15) is 25.3 Å². The van der Waals surface area contributed by atoms with Crippen molar-refractivity contribution < 1.29 is 9.18 Å². The first-order valence-corrected chi connectivity index (χ1v) is 6.39. The average Bonchev–Trinajstić information content (AvgIpc) is 2.37. The molecular weight excluding hydrogens is 231 g/mol. The van der Waals surface area contributed by atoms with Crippen LogP contribution in [-0.4, -0.2) is 30.4 Å². The number of amides is 1. The van der Waals surface area contributed by atoms with Gasteiger partial charge in [0, 0.05) is 13.1 Å². The molecule has 0 saturated heterocycles. The minimum absolute atomic E-state index is 0.0805. The summed E-state index contributed by atoms with van der Waals surface area (Å²) in [7, 11) is 0. The van der Waals surface area contributed by atoms with E-state index in [2.05, 4.69) is 0 Å². The van der Waals surface area contributed by atoms with Gasteiger partial charge >= 0.3 is 0 Å². The highest BCUT2D eigenvalue weighted by Gasteiger charge is 2.12. The number of halogens is 1. The summed E-state index contributed by atoms with van der Waals surface area (Å²) in [5.74, 6) is -0.198. The number of hydrogen-bond acceptors (Lipinski definition) is 2. The number of nitrogens with zero attached hydrogens (tertiary/aromatic N) is 1. The zero-order valence-corrected chi connectivity index (χ0v) is 10.9. The molecule has 1 rings (SSSR count). The van der Waals surface area contributed by atoms with E-state index in [0.717, 1.165) is 24.9 Å². The number of nitrogens with two attached hydrogens (primary N) is 1. The summed E-state index contributed by atoms with van der Waals surface area (Å²) >= 11 is 0. The standard InChI is InChI=1S/C14H21FN2O/c1-2-9-17(10-3-8-16)14(18)11-12-4-6-13(15)7-5-12/h4-7H,2-3,8-11,16H2,1H3. The Morgan fingerprint density at radius 1 is 1.28 bits per heavy atom. The second kappa shape index (κ2) is 7.82. The maximum Gasteiger partial charge on any atom is 0.226 e. The molecule has 0 aromatic heterocycles. The summed E-state index contributed by atoms with van der Waals surface area (Å²) in [6.07, 6.45) is 2.07. The smallest absolute Gasteiger partial charge is 0.226 e. The Labute approximate surface area is 108 Å². The van der Waals surface area contributed by atoms with Crippen LogP contribution in [0.2, 0.25) is 0 Å². The van der Waals surface area contributed by atoms with Gasteiger partial charge in [0.05, 0.1) is 6.42 Å². The van der Waals surface area contributed by atoms with Crippen molar-refractivity contribution in [3.05, 3.63) is 35.6 Å². The summed E-state index contributed by atoms with van der Waals surface area (Å²) in [4.78, 5) is 13.9. The predicted octanol–water partition coefficient (Wildman–Crippen LogP) is 1.96. The van der Waals surface area contributed by atoms with Gasteiger partial charge in [-0.3, -0.25) is 4.79 Å². The molecule has 0 atom stereocenters. The first-order chi connectivity index (χ1) is 8.67. The summed E-state index contributed by atoms with van der Waals surface area (Å²) in [6, 6.07) is 6.07. The van der Waals surface area contributed by atoms with E-state index in [1.807, 2.05) is 11.8 Å². The molecule has 0 bridgehead atoms. The lowest BCUT2D eigenvalue weighted by molar-refractivity contribution is -0.130. The van der Waals surface area contributed by atoms with E-state index < -0.39 is 0 Å². The van der Waals surface area contributed by atoms with Crippen LogP contribution in [0, 0.1) is 5.82 Å². The largest absolute Gasteiger partial charge is 0.342 e. The third kappa shape index (κ3) is 4.84. The third-order valence-corrected chi connectivity index (χ3v) is 2.75. The number of benzene rings is 1. The zero-order chi connectivity index (χ0) is 13.4. The van der Waals surface area contributed by atoms with Crippen molar-refractivity contribution in [1.82, 2.24) is 4.90 Å². The monoisotopic (exact) mass is 252 g/mol. The molecule has 1 aromatic carbocycles. The van der Waals surface area contributed by atoms with Crippen molar-refractivity contribution in [3.8, 4) is 0 Å². The van der Waals surface area contributed by atoms with Crippen molar-refractivity contribution in [3.63, 3.8) is 0 Å². The van der Waals surface area contributed by atoms with Crippen LogP contribution in [-0.2, 0) is 11.2 Å². The number of hydrogen-bond donors (Lipinski definition) is 1. The van der Waals surface area contributed by atoms with Crippen molar-refractivity contribution >= 4 is 5.91 Å². The molecule has 1 aromatic rings. The van der Waals surface area contributed by atoms with Gasteiger partial charge in [-0.15, -0.1) is 0 Å². The molecule has 0 unspecified atom stereocenters. The molecule has 4 heteroatoms. The molecule has 0 heterocycles. The molecule has 0 fully saturated rings. The maximum absolute atomic E-state index is 12.8. The number of carbonyl (C=O) groups is 1. The van der Waals surface area contributed by atoms with E-state index in [9.17, 15) is 9.18 Å². The van der Waals surface area contributed by atoms with Crippen LogP contribution in [0.15, 0.2) is 24.3 Å². The molecule has 1 amide bonds. The van der Waals surface area contributed by atoms with Gasteiger partial charge in [0.2, 0.25) is 5.91 Å². The highest BCUT2D eigenvalue weighted by Crippen LogP contribution is 2.06. The van der Waals surface area contributed by atoms with Crippen molar-refractivity contribution in [2.45, 2.75) is 26.2 Å². The molecule has 18 heavy (non-hydrogen) atoms. The normalized spacial score (nSPS) is 10.4. The lowest BCUT2D eigenvalue weighted by Crippen LogP contribution is -2.34. The summed E-state index contributed by atoms with van der Waals surface area (Å²) in [5.41, 5.74) is 6.31. The fourth-order valence-corrected chi connectivity index (χ4v) is 1.80. The molecule has 100 valence electrons. The minimum atomic E-state index is -0.278. The molecule has 0 aliphatic heterocycles. The van der Waals surface area contributed by atoms with Crippen LogP contribution < -0.4 is 5.73 Å². The molecule has 2 N–H and O–H groups in total. The van der Waals surface area contributed by atoms with Crippen molar-refractivity contribution in [2.24, 2.45) is 5.73 Å². The molecule has 3 nitrogen and oxygen atoms in total. The van der Waals surface area contributed by atoms with Crippen LogP contribution in [0.5, 0.6) is 0 Å². The van der Waals surface area contributed by atoms with Gasteiger partial charge in [0.25, 0.3) is 0 Å². The van der Waals surface area contributed by atoms with Crippen molar-refractivity contribution in [1.29, 1.82) is 0 Å². The second-order valence-corrected chi connectivity index (χ2v) is 4.33. The Morgan fingerprint density at radius 2 is 1.94 bits per heavy atom. The van der Waals surface area contributed by atoms with Gasteiger partial charge in [-0.1, -0.05) is 19.1 Å². The fourth-order valence-electron chi connectivity index (χ4n) is 1.80. The molecule has 0 saturated carbocycles. The lowest BCUT2D eigenvalue weighted by atomic mass is 10.1. The third-order valence-electron chi connectivity index (χ3n) is 2.75. The summed E-state index contributed by atoms with van der Waals surface area (Å²) in [6.45, 7) is 4.08. The van der Waals surface area contributed by atoms with Crippen molar-refractivity contribution in [2.75, 3.05) is 19.6 Å². The Balaban J connectivity index is 2.57. The molecule has 0 aliphatic rings.